The fraction of sp³-hybridized carbons (Fsp3) is 0.714. The molecule has 8 nitrogen and oxygen atoms in total. The molecular weight excluding hydrogens is 288 g/mol. The first-order chi connectivity index (χ1) is 10.5. The van der Waals surface area contributed by atoms with Crippen molar-refractivity contribution in [3.8, 4) is 0 Å². The molecule has 0 aliphatic heterocycles. The van der Waals surface area contributed by atoms with E-state index >= 15 is 0 Å². The van der Waals surface area contributed by atoms with Crippen molar-refractivity contribution in [2.45, 2.75) is 25.2 Å². The van der Waals surface area contributed by atoms with Crippen LogP contribution >= 0.6 is 0 Å². The molecule has 0 saturated carbocycles. The van der Waals surface area contributed by atoms with Crippen LogP contribution in [-0.4, -0.2) is 92.8 Å². The lowest BCUT2D eigenvalue weighted by atomic mass is 10.2. The van der Waals surface area contributed by atoms with Gasteiger partial charge in [-0.3, -0.25) is 19.8 Å². The molecule has 0 aliphatic rings. The molecule has 126 valence electrons. The number of hydrogen-bond donors (Lipinski definition) is 4. The van der Waals surface area contributed by atoms with Gasteiger partial charge in [-0.2, -0.15) is 0 Å². The lowest BCUT2D eigenvalue weighted by Crippen LogP contribution is -2.38. The van der Waals surface area contributed by atoms with Crippen LogP contribution in [0.3, 0.4) is 0 Å². The first-order valence-electron chi connectivity index (χ1n) is 7.19. The minimum absolute atomic E-state index is 0.127. The molecule has 0 radical (unpaired) electrons. The fourth-order valence-corrected chi connectivity index (χ4v) is 2.05. The first kappa shape index (κ1) is 18.9. The van der Waals surface area contributed by atoms with Crippen molar-refractivity contribution in [2.75, 3.05) is 40.5 Å². The number of aliphatic hydroxyl groups is 4. The third-order valence-electron chi connectivity index (χ3n) is 3.65. The van der Waals surface area contributed by atoms with Gasteiger partial charge in [-0.1, -0.05) is 0 Å². The van der Waals surface area contributed by atoms with Crippen LogP contribution in [0.15, 0.2) is 12.4 Å². The van der Waals surface area contributed by atoms with Gasteiger partial charge in [0.05, 0.1) is 49.9 Å². The van der Waals surface area contributed by atoms with Gasteiger partial charge < -0.3 is 20.4 Å². The van der Waals surface area contributed by atoms with E-state index in [1.165, 1.54) is 0 Å². The highest BCUT2D eigenvalue weighted by molar-refractivity contribution is 5.03. The quantitative estimate of drug-likeness (QED) is 0.394. The molecule has 1 aromatic rings. The van der Waals surface area contributed by atoms with Crippen molar-refractivity contribution < 1.29 is 20.4 Å². The molecule has 22 heavy (non-hydrogen) atoms. The van der Waals surface area contributed by atoms with Crippen LogP contribution in [0.4, 0.5) is 0 Å². The molecule has 1 rings (SSSR count). The summed E-state index contributed by atoms with van der Waals surface area (Å²) in [6, 6.07) is -0.664. The lowest BCUT2D eigenvalue weighted by molar-refractivity contribution is 0.0847. The molecule has 0 atom stereocenters. The van der Waals surface area contributed by atoms with Gasteiger partial charge in [0.1, 0.15) is 0 Å². The van der Waals surface area contributed by atoms with E-state index in [1.807, 2.05) is 9.80 Å². The molecule has 8 heteroatoms. The summed E-state index contributed by atoms with van der Waals surface area (Å²) in [5.41, 5.74) is 1.45. The van der Waals surface area contributed by atoms with Gasteiger partial charge in [0.15, 0.2) is 0 Å². The minimum Gasteiger partial charge on any atom is -0.395 e. The second-order valence-corrected chi connectivity index (χ2v) is 5.37. The summed E-state index contributed by atoms with van der Waals surface area (Å²) < 4.78 is 0. The SMILES string of the molecule is CN(Cc1cncc(CN(C)C(CO)CO)n1)C(CO)CO. The normalized spacial score (nSPS) is 12.1. The zero-order valence-corrected chi connectivity index (χ0v) is 13.1. The summed E-state index contributed by atoms with van der Waals surface area (Å²) in [6.45, 7) is 0.406. The van der Waals surface area contributed by atoms with Gasteiger partial charge in [-0.25, -0.2) is 0 Å². The Morgan fingerprint density at radius 1 is 0.818 bits per heavy atom. The second kappa shape index (κ2) is 9.78. The average molecular weight is 314 g/mol. The highest BCUT2D eigenvalue weighted by Crippen LogP contribution is 2.07. The van der Waals surface area contributed by atoms with Gasteiger partial charge in [0.25, 0.3) is 0 Å². The molecule has 0 amide bonds. The highest BCUT2D eigenvalue weighted by atomic mass is 16.3. The van der Waals surface area contributed by atoms with Crippen molar-refractivity contribution in [3.05, 3.63) is 23.8 Å². The Morgan fingerprint density at radius 2 is 1.18 bits per heavy atom. The number of rotatable bonds is 10. The van der Waals surface area contributed by atoms with Crippen molar-refractivity contribution in [1.82, 2.24) is 19.8 Å². The first-order valence-corrected chi connectivity index (χ1v) is 7.19. The maximum Gasteiger partial charge on any atom is 0.0730 e. The molecule has 0 spiro atoms. The largest absolute Gasteiger partial charge is 0.395 e. The average Bonchev–Trinajstić information content (AvgIpc) is 2.50. The Hall–Kier alpha value is -1.16. The van der Waals surface area contributed by atoms with Crippen LogP contribution in [0.25, 0.3) is 0 Å². The molecule has 4 N–H and O–H groups in total. The minimum atomic E-state index is -0.332. The maximum absolute atomic E-state index is 9.17. The van der Waals surface area contributed by atoms with Crippen molar-refractivity contribution in [1.29, 1.82) is 0 Å². The third kappa shape index (κ3) is 5.56. The van der Waals surface area contributed by atoms with Crippen molar-refractivity contribution in [2.24, 2.45) is 0 Å². The van der Waals surface area contributed by atoms with Crippen LogP contribution < -0.4 is 0 Å². The Bertz CT molecular complexity index is 392. The molecular formula is C14H26N4O4. The van der Waals surface area contributed by atoms with Crippen molar-refractivity contribution in [3.63, 3.8) is 0 Å². The van der Waals surface area contributed by atoms with Gasteiger partial charge in [-0.15, -0.1) is 0 Å². The second-order valence-electron chi connectivity index (χ2n) is 5.37. The Kier molecular flexibility index (Phi) is 8.39. The molecule has 1 aromatic heterocycles. The predicted molar refractivity (Wildman–Crippen MR) is 80.9 cm³/mol. The molecule has 0 aliphatic carbocycles. The monoisotopic (exact) mass is 314 g/mol. The Labute approximate surface area is 130 Å². The molecule has 0 aromatic carbocycles. The molecule has 0 saturated heterocycles. The van der Waals surface area contributed by atoms with Gasteiger partial charge in [0, 0.05) is 25.5 Å². The summed E-state index contributed by atoms with van der Waals surface area (Å²) in [4.78, 5) is 12.2. The maximum atomic E-state index is 9.17. The molecule has 1 heterocycles. The summed E-state index contributed by atoms with van der Waals surface area (Å²) in [6.07, 6.45) is 3.28. The number of aliphatic hydroxyl groups excluding tert-OH is 4. The van der Waals surface area contributed by atoms with Crippen LogP contribution in [0.1, 0.15) is 11.4 Å². The third-order valence-corrected chi connectivity index (χ3v) is 3.65. The van der Waals surface area contributed by atoms with Gasteiger partial charge in [0.2, 0.25) is 0 Å². The van der Waals surface area contributed by atoms with E-state index in [1.54, 1.807) is 26.5 Å². The van der Waals surface area contributed by atoms with Crippen LogP contribution in [0.5, 0.6) is 0 Å². The summed E-state index contributed by atoms with van der Waals surface area (Å²) in [7, 11) is 3.59. The lowest BCUT2D eigenvalue weighted by Gasteiger charge is -2.25. The van der Waals surface area contributed by atoms with E-state index in [0.29, 0.717) is 13.1 Å². The van der Waals surface area contributed by atoms with E-state index in [0.717, 1.165) is 11.4 Å². The van der Waals surface area contributed by atoms with E-state index in [2.05, 4.69) is 9.97 Å². The standard InChI is InChI=1S/C14H26N4O4/c1-17(13(7-19)8-20)5-11-3-15-4-12(16-11)6-18(2)14(9-21)10-22/h3-4,13-14,19-22H,5-10H2,1-2H3. The number of hydrogen-bond acceptors (Lipinski definition) is 8. The topological polar surface area (TPSA) is 113 Å². The molecule has 0 bridgehead atoms. The van der Waals surface area contributed by atoms with E-state index in [-0.39, 0.29) is 38.5 Å². The number of aromatic nitrogens is 2. The summed E-state index contributed by atoms with van der Waals surface area (Å²) in [5.74, 6) is 0. The predicted octanol–water partition coefficient (Wildman–Crippen LogP) is -1.95. The zero-order chi connectivity index (χ0) is 16.5. The van der Waals surface area contributed by atoms with Crippen LogP contribution in [-0.2, 0) is 13.1 Å². The van der Waals surface area contributed by atoms with Crippen molar-refractivity contribution >= 4 is 0 Å². The summed E-state index contributed by atoms with van der Waals surface area (Å²) >= 11 is 0. The van der Waals surface area contributed by atoms with Gasteiger partial charge in [-0.05, 0) is 14.1 Å². The molecule has 0 fully saturated rings. The zero-order valence-electron chi connectivity index (χ0n) is 13.1. The summed E-state index contributed by atoms with van der Waals surface area (Å²) in [5, 5.41) is 36.7. The highest BCUT2D eigenvalue weighted by Gasteiger charge is 2.16. The van der Waals surface area contributed by atoms with E-state index < -0.39 is 0 Å². The van der Waals surface area contributed by atoms with Crippen LogP contribution in [0, 0.1) is 0 Å². The molecule has 0 unspecified atom stereocenters. The number of likely N-dealkylation sites (N-methyl/N-ethyl adjacent to an activating group) is 2. The van der Waals surface area contributed by atoms with Gasteiger partial charge >= 0.3 is 0 Å². The van der Waals surface area contributed by atoms with Crippen LogP contribution in [0.2, 0.25) is 0 Å². The van der Waals surface area contributed by atoms with E-state index in [9.17, 15) is 20.4 Å². The fourth-order valence-electron chi connectivity index (χ4n) is 2.05. The smallest absolute Gasteiger partial charge is 0.0730 e. The van der Waals surface area contributed by atoms with E-state index in [4.69, 9.17) is 0 Å². The Morgan fingerprint density at radius 3 is 1.50 bits per heavy atom. The number of nitrogens with zero attached hydrogens (tertiary/aromatic N) is 4. The Balaban J connectivity index is 2.69.